The summed E-state index contributed by atoms with van der Waals surface area (Å²) in [7, 11) is 5.52. The second-order valence-electron chi connectivity index (χ2n) is 12.2. The Morgan fingerprint density at radius 3 is 2.35 bits per heavy atom. The van der Waals surface area contributed by atoms with Crippen LogP contribution < -0.4 is 16.4 Å². The molecule has 1 aliphatic heterocycles. The van der Waals surface area contributed by atoms with Gasteiger partial charge in [-0.2, -0.15) is 13.2 Å². The molecular weight excluding hydrogens is 690 g/mol. The molecule has 0 saturated carbocycles. The summed E-state index contributed by atoms with van der Waals surface area (Å²) in [5.41, 5.74) is 9.60. The minimum atomic E-state index is -4.61. The third-order valence-corrected chi connectivity index (χ3v) is 9.03. The van der Waals surface area contributed by atoms with E-state index < -0.39 is 30.4 Å². The number of likely N-dealkylation sites (tertiary alicyclic amines) is 1. The number of amides is 3. The molecule has 1 fully saturated rings. The fourth-order valence-electron chi connectivity index (χ4n) is 6.02. The largest absolute Gasteiger partial charge is 0.405 e. The molecule has 51 heavy (non-hydrogen) atoms. The smallest absolute Gasteiger partial charge is 0.383 e. The number of nitrogens with zero attached hydrogens (tertiary/aromatic N) is 4. The molecule has 1 saturated heterocycles. The van der Waals surface area contributed by atoms with Gasteiger partial charge in [0, 0.05) is 43.5 Å². The van der Waals surface area contributed by atoms with Crippen molar-refractivity contribution in [3.63, 3.8) is 0 Å². The summed E-state index contributed by atoms with van der Waals surface area (Å²) in [6.07, 6.45) is -1.50. The maximum Gasteiger partial charge on any atom is 0.405 e. The van der Waals surface area contributed by atoms with Crippen molar-refractivity contribution in [3.05, 3.63) is 77.2 Å². The van der Waals surface area contributed by atoms with E-state index in [1.165, 1.54) is 24.4 Å². The first-order valence-electron chi connectivity index (χ1n) is 15.7. The summed E-state index contributed by atoms with van der Waals surface area (Å²) < 4.78 is 53.4. The number of carbonyl (C=O) groups excluding carboxylic acids is 3. The number of carbonyl (C=O) groups is 3. The number of anilines is 2. The van der Waals surface area contributed by atoms with Crippen LogP contribution in [-0.4, -0.2) is 83.0 Å². The monoisotopic (exact) mass is 723 g/mol. The van der Waals surface area contributed by atoms with Gasteiger partial charge in [0.1, 0.15) is 12.4 Å². The highest BCUT2D eigenvalue weighted by Crippen LogP contribution is 2.44. The van der Waals surface area contributed by atoms with Crippen molar-refractivity contribution in [2.45, 2.75) is 25.1 Å². The zero-order valence-electron chi connectivity index (χ0n) is 27.9. The predicted molar refractivity (Wildman–Crippen MR) is 188 cm³/mol. The molecule has 0 unspecified atom stereocenters. The summed E-state index contributed by atoms with van der Waals surface area (Å²) in [6, 6.07) is 10.8. The van der Waals surface area contributed by atoms with Crippen molar-refractivity contribution < 1.29 is 31.9 Å². The van der Waals surface area contributed by atoms with Gasteiger partial charge < -0.3 is 30.7 Å². The van der Waals surface area contributed by atoms with Gasteiger partial charge in [-0.1, -0.05) is 42.3 Å². The molecule has 1 aliphatic rings. The summed E-state index contributed by atoms with van der Waals surface area (Å²) in [5, 5.41) is 4.53. The number of rotatable bonds is 7. The Morgan fingerprint density at radius 1 is 1.10 bits per heavy atom. The highest BCUT2D eigenvalue weighted by molar-refractivity contribution is 6.34. The van der Waals surface area contributed by atoms with Gasteiger partial charge >= 0.3 is 6.18 Å². The van der Waals surface area contributed by atoms with Crippen molar-refractivity contribution in [2.75, 3.05) is 44.8 Å². The molecule has 4 aromatic rings. The number of nitrogen functional groups attached to an aromatic ring is 1. The Morgan fingerprint density at radius 2 is 1.75 bits per heavy atom. The number of nitrogens with two attached hydrogens (primary N) is 1. The number of nitrogens with one attached hydrogen (secondary N) is 2. The van der Waals surface area contributed by atoms with E-state index in [0.717, 1.165) is 25.9 Å². The van der Waals surface area contributed by atoms with E-state index in [1.807, 2.05) is 12.4 Å². The number of hydrogen-bond acceptors (Lipinski definition) is 6. The lowest BCUT2D eigenvalue weighted by molar-refractivity contribution is -0.126. The lowest BCUT2D eigenvalue weighted by Crippen LogP contribution is -2.44. The first-order chi connectivity index (χ1) is 24.1. The number of aryl methyl sites for hydroxylation is 1. The van der Waals surface area contributed by atoms with Crippen LogP contribution in [0.3, 0.4) is 0 Å². The molecule has 0 spiro atoms. The number of hydrogen-bond donors (Lipinski definition) is 3. The fraction of sp³-hybridized carbons (Fsp3) is 0.278. The molecule has 2 aromatic carbocycles. The lowest BCUT2D eigenvalue weighted by Gasteiger charge is -2.34. The Hall–Kier alpha value is -5.39. The molecule has 0 atom stereocenters. The maximum atomic E-state index is 13.3. The van der Waals surface area contributed by atoms with Gasteiger partial charge in [-0.25, -0.2) is 9.37 Å². The molecule has 266 valence electrons. The quantitative estimate of drug-likeness (QED) is 0.127. The van der Waals surface area contributed by atoms with Gasteiger partial charge in [-0.05, 0) is 68.4 Å². The van der Waals surface area contributed by atoms with E-state index in [4.69, 9.17) is 17.3 Å². The number of aromatic nitrogens is 2. The van der Waals surface area contributed by atoms with Crippen LogP contribution in [0.4, 0.5) is 29.1 Å². The van der Waals surface area contributed by atoms with Gasteiger partial charge in [0.25, 0.3) is 17.7 Å². The molecule has 10 nitrogen and oxygen atoms in total. The maximum absolute atomic E-state index is 13.3. The molecule has 15 heteroatoms. The molecule has 2 aromatic heterocycles. The van der Waals surface area contributed by atoms with Crippen LogP contribution >= 0.6 is 11.6 Å². The predicted octanol–water partition coefficient (Wildman–Crippen LogP) is 5.76. The first kappa shape index (κ1) is 36.9. The SMILES string of the molecule is C=C(F)C(=O)Nc1ccc(-c2c(-c3ccc(C(=O)NCC(F)(F)F)c(Cl)c3)c3c(N)ncc(C#CC(=O)N(C)C4CCN(C)CC4)c3n2C)cc1. The van der Waals surface area contributed by atoms with Crippen LogP contribution in [0.15, 0.2) is 61.1 Å². The molecule has 4 N–H and O–H groups in total. The highest BCUT2D eigenvalue weighted by atomic mass is 35.5. The van der Waals surface area contributed by atoms with Crippen LogP contribution in [0.25, 0.3) is 33.3 Å². The molecule has 0 aliphatic carbocycles. The van der Waals surface area contributed by atoms with Gasteiger partial charge in [-0.15, -0.1) is 0 Å². The number of pyridine rings is 1. The molecular formula is C36H34ClF4N7O3. The minimum Gasteiger partial charge on any atom is -0.383 e. The molecule has 3 heterocycles. The van der Waals surface area contributed by atoms with E-state index in [1.54, 1.807) is 47.8 Å². The molecule has 0 radical (unpaired) electrons. The second kappa shape index (κ2) is 14.8. The van der Waals surface area contributed by atoms with Gasteiger partial charge in [0.05, 0.1) is 32.7 Å². The number of fused-ring (bicyclic) bond motifs is 1. The van der Waals surface area contributed by atoms with Crippen LogP contribution in [0, 0.1) is 11.8 Å². The second-order valence-corrected chi connectivity index (χ2v) is 12.6. The number of alkyl halides is 3. The average molecular weight is 724 g/mol. The topological polar surface area (TPSA) is 126 Å². The van der Waals surface area contributed by atoms with E-state index in [-0.39, 0.29) is 28.4 Å². The van der Waals surface area contributed by atoms with E-state index in [9.17, 15) is 31.9 Å². The third kappa shape index (κ3) is 8.16. The zero-order chi connectivity index (χ0) is 37.2. The normalized spacial score (nSPS) is 13.7. The van der Waals surface area contributed by atoms with Gasteiger partial charge in [0.2, 0.25) is 0 Å². The van der Waals surface area contributed by atoms with Crippen molar-refractivity contribution in [3.8, 4) is 34.2 Å². The van der Waals surface area contributed by atoms with Crippen molar-refractivity contribution in [2.24, 2.45) is 7.05 Å². The first-order valence-corrected chi connectivity index (χ1v) is 16.1. The molecule has 5 rings (SSSR count). The number of benzene rings is 2. The zero-order valence-corrected chi connectivity index (χ0v) is 28.7. The Labute approximate surface area is 296 Å². The lowest BCUT2D eigenvalue weighted by atomic mass is 9.96. The summed E-state index contributed by atoms with van der Waals surface area (Å²) in [5.74, 6) is 2.31. The van der Waals surface area contributed by atoms with Crippen LogP contribution in [0.5, 0.6) is 0 Å². The third-order valence-electron chi connectivity index (χ3n) is 8.71. The van der Waals surface area contributed by atoms with Crippen molar-refractivity contribution >= 4 is 51.7 Å². The van der Waals surface area contributed by atoms with Crippen LogP contribution in [-0.2, 0) is 16.6 Å². The summed E-state index contributed by atoms with van der Waals surface area (Å²) >= 11 is 6.49. The van der Waals surface area contributed by atoms with Gasteiger partial charge in [-0.3, -0.25) is 14.4 Å². The van der Waals surface area contributed by atoms with E-state index in [2.05, 4.69) is 33.6 Å². The molecule has 0 bridgehead atoms. The van der Waals surface area contributed by atoms with E-state index in [0.29, 0.717) is 44.5 Å². The highest BCUT2D eigenvalue weighted by Gasteiger charge is 2.29. The average Bonchev–Trinajstić information content (AvgIpc) is 3.40. The van der Waals surface area contributed by atoms with Crippen LogP contribution in [0.1, 0.15) is 28.8 Å². The number of piperidine rings is 1. The fourth-order valence-corrected chi connectivity index (χ4v) is 6.28. The standard InChI is InChI=1S/C36H34ClF4N7O3/c1-20(38)34(50)45-24-9-5-21(6-10-24)31-29(22-7-11-26(27(37)17-22)35(51)44-19-36(39,40)41)30-32(48(31)4)23(18-43-33(30)42)8-12-28(49)47(3)25-13-15-46(2)16-14-25/h5-7,9-11,17-18,25H,1,13-16,19H2,2-4H3,(H2,42,43)(H,44,51)(H,45,50). The number of halogens is 5. The van der Waals surface area contributed by atoms with Crippen molar-refractivity contribution in [1.82, 2.24) is 24.7 Å². The van der Waals surface area contributed by atoms with Gasteiger partial charge in [0.15, 0.2) is 5.83 Å². The van der Waals surface area contributed by atoms with Crippen molar-refractivity contribution in [1.29, 1.82) is 0 Å². The Kier molecular flexibility index (Phi) is 10.7. The Bertz CT molecular complexity index is 2090. The summed E-state index contributed by atoms with van der Waals surface area (Å²) in [4.78, 5) is 45.8. The van der Waals surface area contributed by atoms with Crippen LogP contribution in [0.2, 0.25) is 5.02 Å². The van der Waals surface area contributed by atoms with E-state index >= 15 is 0 Å². The Balaban J connectivity index is 1.64. The summed E-state index contributed by atoms with van der Waals surface area (Å²) in [6.45, 7) is 3.21. The molecule has 3 amide bonds. The minimum absolute atomic E-state index is 0.0554.